The van der Waals surface area contributed by atoms with Gasteiger partial charge in [-0.2, -0.15) is 0 Å². The molecule has 1 aliphatic heterocycles. The Bertz CT molecular complexity index is 617. The summed E-state index contributed by atoms with van der Waals surface area (Å²) in [6, 6.07) is 17.8. The molecule has 3 rings (SSSR count). The Morgan fingerprint density at radius 1 is 1.08 bits per heavy atom. The number of thioether (sulfide) groups is 1. The number of hydrogen-bond acceptors (Lipinski definition) is 4. The first-order valence-corrected chi connectivity index (χ1v) is 9.47. The molecule has 24 heavy (non-hydrogen) atoms. The Hall–Kier alpha value is -1.49. The Labute approximate surface area is 148 Å². The Balaban J connectivity index is 1.40. The lowest BCUT2D eigenvalue weighted by molar-refractivity contribution is 0.117. The van der Waals surface area contributed by atoms with Crippen molar-refractivity contribution in [1.82, 2.24) is 4.90 Å². The number of likely N-dealkylation sites (tertiary alicyclic amines) is 1. The largest absolute Gasteiger partial charge is 0.508 e. The van der Waals surface area contributed by atoms with Crippen molar-refractivity contribution in [3.63, 3.8) is 0 Å². The smallest absolute Gasteiger partial charge is 0.115 e. The molecule has 0 saturated carbocycles. The third-order valence-electron chi connectivity index (χ3n) is 4.45. The van der Waals surface area contributed by atoms with E-state index in [0.29, 0.717) is 11.0 Å². The number of nitrogens with zero attached hydrogens (tertiary/aromatic N) is 1. The van der Waals surface area contributed by atoms with Crippen molar-refractivity contribution in [2.75, 3.05) is 19.6 Å². The average Bonchev–Trinajstić information content (AvgIpc) is 3.03. The molecule has 2 aromatic carbocycles. The zero-order valence-electron chi connectivity index (χ0n) is 13.8. The van der Waals surface area contributed by atoms with E-state index in [9.17, 15) is 10.2 Å². The van der Waals surface area contributed by atoms with Crippen LogP contribution in [0.1, 0.15) is 18.4 Å². The van der Waals surface area contributed by atoms with E-state index in [4.69, 9.17) is 0 Å². The van der Waals surface area contributed by atoms with Crippen LogP contribution in [0.2, 0.25) is 0 Å². The maximum Gasteiger partial charge on any atom is 0.115 e. The van der Waals surface area contributed by atoms with E-state index in [2.05, 4.69) is 17.0 Å². The monoisotopic (exact) mass is 343 g/mol. The fraction of sp³-hybridized carbons (Fsp3) is 0.400. The van der Waals surface area contributed by atoms with E-state index >= 15 is 0 Å². The van der Waals surface area contributed by atoms with Crippen molar-refractivity contribution in [3.8, 4) is 5.75 Å². The van der Waals surface area contributed by atoms with Gasteiger partial charge in [-0.25, -0.2) is 0 Å². The average molecular weight is 343 g/mol. The van der Waals surface area contributed by atoms with Gasteiger partial charge in [-0.1, -0.05) is 30.3 Å². The van der Waals surface area contributed by atoms with Crippen LogP contribution >= 0.6 is 11.8 Å². The molecule has 4 heteroatoms. The number of phenolic OH excluding ortho intramolecular Hbond substituents is 1. The molecule has 0 spiro atoms. The fourth-order valence-corrected chi connectivity index (χ4v) is 4.33. The molecule has 2 N–H and O–H groups in total. The minimum Gasteiger partial charge on any atom is -0.508 e. The standard InChI is InChI=1S/C20H25NO2S/c22-17-8-10-19(11-9-17)24-20-12-13-21(15-20)14-18(23)7-6-16-4-2-1-3-5-16/h1-5,8-11,18,20,22-23H,6-7,12-15H2/t18?,20-/m0/s1. The molecule has 1 fully saturated rings. The van der Waals surface area contributed by atoms with E-state index < -0.39 is 0 Å². The molecular weight excluding hydrogens is 318 g/mol. The highest BCUT2D eigenvalue weighted by atomic mass is 32.2. The summed E-state index contributed by atoms with van der Waals surface area (Å²) < 4.78 is 0. The number of benzene rings is 2. The predicted molar refractivity (Wildman–Crippen MR) is 99.6 cm³/mol. The third kappa shape index (κ3) is 5.26. The van der Waals surface area contributed by atoms with Crippen molar-refractivity contribution in [2.45, 2.75) is 35.5 Å². The van der Waals surface area contributed by atoms with Gasteiger partial charge in [0.1, 0.15) is 5.75 Å². The van der Waals surface area contributed by atoms with E-state index in [1.807, 2.05) is 42.1 Å². The van der Waals surface area contributed by atoms with Crippen LogP contribution in [-0.2, 0) is 6.42 Å². The number of hydrogen-bond donors (Lipinski definition) is 2. The van der Waals surface area contributed by atoms with Crippen LogP contribution in [0.25, 0.3) is 0 Å². The SMILES string of the molecule is Oc1ccc(S[C@H]2CCN(CC(O)CCc3ccccc3)C2)cc1. The van der Waals surface area contributed by atoms with E-state index in [-0.39, 0.29) is 6.10 Å². The second kappa shape index (κ2) is 8.56. The number of aliphatic hydroxyl groups excluding tert-OH is 1. The van der Waals surface area contributed by atoms with Crippen molar-refractivity contribution in [3.05, 3.63) is 60.2 Å². The van der Waals surface area contributed by atoms with E-state index in [1.54, 1.807) is 12.1 Å². The lowest BCUT2D eigenvalue weighted by atomic mass is 10.1. The first kappa shape index (κ1) is 17.3. The predicted octanol–water partition coefficient (Wildman–Crippen LogP) is 3.55. The van der Waals surface area contributed by atoms with Crippen LogP contribution in [-0.4, -0.2) is 46.1 Å². The number of β-amino-alcohol motifs (C(OH)–C–C–N with tert-alkyl or cyclic N) is 1. The molecule has 1 aliphatic rings. The third-order valence-corrected chi connectivity index (χ3v) is 5.71. The van der Waals surface area contributed by atoms with Gasteiger partial charge in [-0.15, -0.1) is 11.8 Å². The number of aromatic hydroxyl groups is 1. The molecule has 2 aromatic rings. The Morgan fingerprint density at radius 3 is 2.58 bits per heavy atom. The van der Waals surface area contributed by atoms with Gasteiger partial charge in [0.2, 0.25) is 0 Å². The second-order valence-corrected chi connectivity index (χ2v) is 7.83. The van der Waals surface area contributed by atoms with Gasteiger partial charge in [0.05, 0.1) is 6.10 Å². The molecule has 3 nitrogen and oxygen atoms in total. The molecule has 2 atom stereocenters. The van der Waals surface area contributed by atoms with Gasteiger partial charge in [0.25, 0.3) is 0 Å². The summed E-state index contributed by atoms with van der Waals surface area (Å²) in [6.07, 6.45) is 2.64. The van der Waals surface area contributed by atoms with Crippen molar-refractivity contribution in [2.24, 2.45) is 0 Å². The summed E-state index contributed by atoms with van der Waals surface area (Å²) in [5.74, 6) is 0.314. The summed E-state index contributed by atoms with van der Waals surface area (Å²) in [7, 11) is 0. The molecule has 128 valence electrons. The first-order chi connectivity index (χ1) is 11.7. The summed E-state index contributed by atoms with van der Waals surface area (Å²) in [5.41, 5.74) is 1.29. The van der Waals surface area contributed by atoms with Crippen LogP contribution in [0.3, 0.4) is 0 Å². The maximum atomic E-state index is 10.3. The van der Waals surface area contributed by atoms with Crippen LogP contribution in [0.4, 0.5) is 0 Å². The zero-order valence-corrected chi connectivity index (χ0v) is 14.7. The lowest BCUT2D eigenvalue weighted by Crippen LogP contribution is -2.31. The van der Waals surface area contributed by atoms with Crippen LogP contribution in [0.15, 0.2) is 59.5 Å². The van der Waals surface area contributed by atoms with Crippen LogP contribution in [0, 0.1) is 0 Å². The molecule has 0 radical (unpaired) electrons. The van der Waals surface area contributed by atoms with Crippen LogP contribution in [0.5, 0.6) is 5.75 Å². The van der Waals surface area contributed by atoms with Crippen molar-refractivity contribution in [1.29, 1.82) is 0 Å². The van der Waals surface area contributed by atoms with E-state index in [1.165, 1.54) is 10.5 Å². The van der Waals surface area contributed by atoms with E-state index in [0.717, 1.165) is 38.9 Å². The minimum atomic E-state index is -0.261. The highest BCUT2D eigenvalue weighted by molar-refractivity contribution is 8.00. The quantitative estimate of drug-likeness (QED) is 0.807. The minimum absolute atomic E-state index is 0.261. The van der Waals surface area contributed by atoms with Crippen molar-refractivity contribution >= 4 is 11.8 Å². The van der Waals surface area contributed by atoms with Gasteiger partial charge in [0, 0.05) is 23.2 Å². The van der Waals surface area contributed by atoms with Gasteiger partial charge < -0.3 is 10.2 Å². The molecule has 0 aliphatic carbocycles. The normalized spacial score (nSPS) is 19.5. The summed E-state index contributed by atoms with van der Waals surface area (Å²) in [4.78, 5) is 3.57. The number of phenols is 1. The van der Waals surface area contributed by atoms with Gasteiger partial charge >= 0.3 is 0 Å². The fourth-order valence-electron chi connectivity index (χ4n) is 3.14. The summed E-state index contributed by atoms with van der Waals surface area (Å²) in [5, 5.41) is 20.2. The summed E-state index contributed by atoms with van der Waals surface area (Å²) >= 11 is 1.87. The highest BCUT2D eigenvalue weighted by Gasteiger charge is 2.24. The number of aryl methyl sites for hydroxylation is 1. The molecule has 1 saturated heterocycles. The van der Waals surface area contributed by atoms with Gasteiger partial charge in [0.15, 0.2) is 0 Å². The van der Waals surface area contributed by atoms with Gasteiger partial charge in [-0.3, -0.25) is 4.90 Å². The first-order valence-electron chi connectivity index (χ1n) is 8.59. The molecule has 0 amide bonds. The topological polar surface area (TPSA) is 43.7 Å². The van der Waals surface area contributed by atoms with Crippen molar-refractivity contribution < 1.29 is 10.2 Å². The lowest BCUT2D eigenvalue weighted by Gasteiger charge is -2.20. The van der Waals surface area contributed by atoms with Gasteiger partial charge in [-0.05, 0) is 55.6 Å². The second-order valence-electron chi connectivity index (χ2n) is 6.46. The molecule has 1 unspecified atom stereocenters. The number of rotatable bonds is 7. The zero-order chi connectivity index (χ0) is 16.8. The number of aliphatic hydroxyl groups is 1. The molecule has 0 aromatic heterocycles. The Kier molecular flexibility index (Phi) is 6.18. The van der Waals surface area contributed by atoms with Crippen LogP contribution < -0.4 is 0 Å². The molecule has 0 bridgehead atoms. The highest BCUT2D eigenvalue weighted by Crippen LogP contribution is 2.30. The molecular formula is C20H25NO2S. The molecule has 1 heterocycles. The summed E-state index contributed by atoms with van der Waals surface area (Å²) in [6.45, 7) is 2.84. The maximum absolute atomic E-state index is 10.3. The Morgan fingerprint density at radius 2 is 1.83 bits per heavy atom.